The lowest BCUT2D eigenvalue weighted by Gasteiger charge is -2.31. The van der Waals surface area contributed by atoms with Gasteiger partial charge in [-0.05, 0) is 6.07 Å². The fourth-order valence-electron chi connectivity index (χ4n) is 1.54. The maximum absolute atomic E-state index is 13.0. The number of ether oxygens (including phenoxy) is 1. The summed E-state index contributed by atoms with van der Waals surface area (Å²) in [6, 6.07) is 4.59. The molecule has 114 valence electrons. The van der Waals surface area contributed by atoms with E-state index in [1.165, 1.54) is 18.2 Å². The number of benzene rings is 1. The Hall–Kier alpha value is -1.34. The number of para-hydroxylation sites is 1. The molecule has 1 aromatic carbocycles. The van der Waals surface area contributed by atoms with E-state index in [-0.39, 0.29) is 12.2 Å². The van der Waals surface area contributed by atoms with Crippen LogP contribution in [0.2, 0.25) is 0 Å². The largest absolute Gasteiger partial charge is 0.461 e. The summed E-state index contributed by atoms with van der Waals surface area (Å²) < 4.78 is 54.5. The molecule has 0 heterocycles. The van der Waals surface area contributed by atoms with E-state index in [9.17, 15) is 22.7 Å². The molecule has 0 saturated carbocycles. The summed E-state index contributed by atoms with van der Waals surface area (Å²) in [4.78, 5) is 0. The molecule has 0 aromatic heterocycles. The Labute approximate surface area is 114 Å². The van der Waals surface area contributed by atoms with Crippen LogP contribution >= 0.6 is 0 Å². The number of hydrogen-bond donors (Lipinski definition) is 2. The van der Waals surface area contributed by atoms with Crippen LogP contribution in [0.5, 0.6) is 5.75 Å². The average Bonchev–Trinajstić information content (AvgIpc) is 2.38. The fraction of sp³-hybridized carbons (Fsp3) is 0.538. The van der Waals surface area contributed by atoms with Gasteiger partial charge < -0.3 is 15.6 Å². The first-order valence-corrected chi connectivity index (χ1v) is 5.92. The van der Waals surface area contributed by atoms with Crippen LogP contribution in [0, 0.1) is 5.41 Å². The molecule has 0 unspecified atom stereocenters. The molecule has 3 N–H and O–H groups in total. The van der Waals surface area contributed by atoms with Gasteiger partial charge in [0, 0.05) is 23.6 Å². The molecule has 0 aliphatic rings. The highest BCUT2D eigenvalue weighted by Gasteiger charge is 2.44. The van der Waals surface area contributed by atoms with Gasteiger partial charge in [-0.3, -0.25) is 0 Å². The van der Waals surface area contributed by atoms with Crippen LogP contribution in [0.1, 0.15) is 25.5 Å². The molecular weight excluding hydrogens is 278 g/mol. The first kappa shape index (κ1) is 16.7. The minimum absolute atomic E-state index is 0.131. The number of rotatable bonds is 6. The predicted octanol–water partition coefficient (Wildman–Crippen LogP) is 2.94. The molecule has 7 heteroatoms. The number of aliphatic hydroxyl groups excluding tert-OH is 1. The number of aliphatic hydroxyl groups is 1. The third kappa shape index (κ3) is 3.61. The van der Waals surface area contributed by atoms with Crippen molar-refractivity contribution < 1.29 is 27.4 Å². The summed E-state index contributed by atoms with van der Waals surface area (Å²) in [5.41, 5.74) is 5.22. The van der Waals surface area contributed by atoms with Gasteiger partial charge in [0.2, 0.25) is 0 Å². The lowest BCUT2D eigenvalue weighted by atomic mass is 9.81. The van der Waals surface area contributed by atoms with Gasteiger partial charge in [-0.25, -0.2) is 0 Å². The zero-order chi connectivity index (χ0) is 15.6. The normalized spacial score (nSPS) is 14.4. The Bertz CT molecular complexity index is 452. The van der Waals surface area contributed by atoms with E-state index in [1.807, 2.05) is 0 Å². The lowest BCUT2D eigenvalue weighted by Crippen LogP contribution is -2.36. The Balaban J connectivity index is 3.12. The number of halogens is 4. The van der Waals surface area contributed by atoms with Gasteiger partial charge in [0.05, 0.1) is 0 Å². The van der Waals surface area contributed by atoms with Gasteiger partial charge in [-0.1, -0.05) is 32.0 Å². The van der Waals surface area contributed by atoms with Crippen molar-refractivity contribution in [3.8, 4) is 5.75 Å². The number of hydrogen-bond acceptors (Lipinski definition) is 3. The van der Waals surface area contributed by atoms with Gasteiger partial charge in [0.25, 0.3) is 0 Å². The van der Waals surface area contributed by atoms with Crippen LogP contribution in [0.15, 0.2) is 24.3 Å². The average molecular weight is 295 g/mol. The molecule has 20 heavy (non-hydrogen) atoms. The quantitative estimate of drug-likeness (QED) is 0.793. The van der Waals surface area contributed by atoms with Crippen LogP contribution in [0.4, 0.5) is 17.6 Å². The van der Waals surface area contributed by atoms with Crippen molar-refractivity contribution in [1.29, 1.82) is 0 Å². The highest BCUT2D eigenvalue weighted by molar-refractivity contribution is 5.37. The maximum Gasteiger partial charge on any atom is 0.461 e. The fourth-order valence-corrected chi connectivity index (χ4v) is 1.54. The van der Waals surface area contributed by atoms with Crippen LogP contribution in [-0.2, 0) is 0 Å². The SMILES string of the molecule is CC(C)(CO)[C@H](N)c1ccccc1OC(F)(F)C(F)F. The van der Waals surface area contributed by atoms with Crippen molar-refractivity contribution in [2.45, 2.75) is 32.4 Å². The van der Waals surface area contributed by atoms with Crippen molar-refractivity contribution in [3.05, 3.63) is 29.8 Å². The minimum Gasteiger partial charge on any atom is -0.428 e. The number of alkyl halides is 4. The van der Waals surface area contributed by atoms with Gasteiger partial charge in [0.15, 0.2) is 0 Å². The Kier molecular flexibility index (Phi) is 4.99. The Morgan fingerprint density at radius 2 is 1.80 bits per heavy atom. The summed E-state index contributed by atoms with van der Waals surface area (Å²) in [6.07, 6.45) is -8.54. The Morgan fingerprint density at radius 1 is 1.25 bits per heavy atom. The highest BCUT2D eigenvalue weighted by atomic mass is 19.3. The summed E-state index contributed by atoms with van der Waals surface area (Å²) in [6.45, 7) is 2.95. The molecule has 1 rings (SSSR count). The van der Waals surface area contributed by atoms with Gasteiger partial charge in [0.1, 0.15) is 5.75 Å². The molecular formula is C13H17F4NO2. The van der Waals surface area contributed by atoms with Crippen LogP contribution < -0.4 is 10.5 Å². The first-order chi connectivity index (χ1) is 9.12. The summed E-state index contributed by atoms with van der Waals surface area (Å²) in [5, 5.41) is 9.25. The van der Waals surface area contributed by atoms with Crippen LogP contribution in [0.25, 0.3) is 0 Å². The second-order valence-electron chi connectivity index (χ2n) is 5.13. The standard InChI is InChI=1S/C13H17F4NO2/c1-12(2,7-19)10(18)8-5-3-4-6-9(8)20-13(16,17)11(14)15/h3-6,10-11,19H,7,18H2,1-2H3/t10-/m1/s1. The molecule has 3 nitrogen and oxygen atoms in total. The van der Waals surface area contributed by atoms with Gasteiger partial charge in [-0.2, -0.15) is 17.6 Å². The summed E-state index contributed by atoms with van der Waals surface area (Å²) >= 11 is 0. The third-order valence-corrected chi connectivity index (χ3v) is 3.00. The van der Waals surface area contributed by atoms with Crippen molar-refractivity contribution in [3.63, 3.8) is 0 Å². The Morgan fingerprint density at radius 3 is 2.30 bits per heavy atom. The molecule has 0 fully saturated rings. The van der Waals surface area contributed by atoms with Gasteiger partial charge in [-0.15, -0.1) is 0 Å². The van der Waals surface area contributed by atoms with Crippen LogP contribution in [-0.4, -0.2) is 24.2 Å². The minimum atomic E-state index is -4.60. The second-order valence-corrected chi connectivity index (χ2v) is 5.13. The highest BCUT2D eigenvalue weighted by Crippen LogP contribution is 2.38. The number of nitrogens with two attached hydrogens (primary N) is 1. The third-order valence-electron chi connectivity index (χ3n) is 3.00. The molecule has 0 spiro atoms. The van der Waals surface area contributed by atoms with E-state index < -0.39 is 29.7 Å². The molecule has 1 aromatic rings. The van der Waals surface area contributed by atoms with Crippen molar-refractivity contribution >= 4 is 0 Å². The van der Waals surface area contributed by atoms with Crippen molar-refractivity contribution in [1.82, 2.24) is 0 Å². The first-order valence-electron chi connectivity index (χ1n) is 5.92. The van der Waals surface area contributed by atoms with E-state index >= 15 is 0 Å². The van der Waals surface area contributed by atoms with Crippen molar-refractivity contribution in [2.24, 2.45) is 11.1 Å². The molecule has 0 aliphatic carbocycles. The van der Waals surface area contributed by atoms with E-state index in [2.05, 4.69) is 4.74 Å². The van der Waals surface area contributed by atoms with E-state index in [4.69, 9.17) is 5.73 Å². The smallest absolute Gasteiger partial charge is 0.428 e. The van der Waals surface area contributed by atoms with Crippen molar-refractivity contribution in [2.75, 3.05) is 6.61 Å². The zero-order valence-corrected chi connectivity index (χ0v) is 11.1. The van der Waals surface area contributed by atoms with E-state index in [1.54, 1.807) is 13.8 Å². The van der Waals surface area contributed by atoms with E-state index in [0.717, 1.165) is 6.07 Å². The maximum atomic E-state index is 13.0. The molecule has 0 bridgehead atoms. The summed E-state index contributed by atoms with van der Waals surface area (Å²) in [7, 11) is 0. The molecule has 1 atom stereocenters. The lowest BCUT2D eigenvalue weighted by molar-refractivity contribution is -0.253. The molecule has 0 amide bonds. The van der Waals surface area contributed by atoms with E-state index in [0.29, 0.717) is 0 Å². The second kappa shape index (κ2) is 5.97. The monoisotopic (exact) mass is 295 g/mol. The molecule has 0 radical (unpaired) electrons. The molecule has 0 aliphatic heterocycles. The van der Waals surface area contributed by atoms with Gasteiger partial charge >= 0.3 is 12.5 Å². The molecule has 0 saturated heterocycles. The van der Waals surface area contributed by atoms with Crippen LogP contribution in [0.3, 0.4) is 0 Å². The zero-order valence-electron chi connectivity index (χ0n) is 11.1. The summed E-state index contributed by atoms with van der Waals surface area (Å²) in [5.74, 6) is -0.424. The predicted molar refractivity (Wildman–Crippen MR) is 65.8 cm³/mol. The topological polar surface area (TPSA) is 55.5 Å².